The van der Waals surface area contributed by atoms with E-state index in [0.717, 1.165) is 17.5 Å². The van der Waals surface area contributed by atoms with Gasteiger partial charge in [-0.25, -0.2) is 4.98 Å². The molecule has 0 amide bonds. The summed E-state index contributed by atoms with van der Waals surface area (Å²) in [6.07, 6.45) is 8.81. The molecule has 1 aromatic carbocycles. The van der Waals surface area contributed by atoms with Crippen LogP contribution in [0.5, 0.6) is 0 Å². The third-order valence-corrected chi connectivity index (χ3v) is 8.83. The summed E-state index contributed by atoms with van der Waals surface area (Å²) in [6, 6.07) is 13.6. The Morgan fingerprint density at radius 1 is 0.966 bits per heavy atom. The van der Waals surface area contributed by atoms with E-state index in [1.807, 2.05) is 6.20 Å². The summed E-state index contributed by atoms with van der Waals surface area (Å²) in [5, 5.41) is 1.22. The Morgan fingerprint density at radius 3 is 2.41 bits per heavy atom. The second-order valence-electron chi connectivity index (χ2n) is 10.2. The van der Waals surface area contributed by atoms with Crippen molar-refractivity contribution in [2.75, 3.05) is 4.90 Å². The van der Waals surface area contributed by atoms with E-state index in [1.165, 1.54) is 60.1 Å². The molecule has 4 fully saturated rings. The van der Waals surface area contributed by atoms with Crippen LogP contribution in [0.2, 0.25) is 0 Å². The molecule has 3 heterocycles. The van der Waals surface area contributed by atoms with Gasteiger partial charge >= 0.3 is 0 Å². The molecule has 148 valence electrons. The van der Waals surface area contributed by atoms with Crippen molar-refractivity contribution >= 4 is 16.8 Å². The van der Waals surface area contributed by atoms with Gasteiger partial charge in [0.15, 0.2) is 0 Å². The van der Waals surface area contributed by atoms with Crippen LogP contribution in [0.3, 0.4) is 0 Å². The van der Waals surface area contributed by atoms with Gasteiger partial charge in [-0.05, 0) is 93.4 Å². The molecule has 3 heteroatoms. The average Bonchev–Trinajstić information content (AvgIpc) is 3.21. The average molecular weight is 385 g/mol. The first-order valence-corrected chi connectivity index (χ1v) is 11.4. The molecule has 1 atom stereocenters. The summed E-state index contributed by atoms with van der Waals surface area (Å²) >= 11 is 0. The SMILES string of the molecule is Cc1ccccc1N1C(C)c2c(oc3ncccc23)C12C1CC3CC(C1)CC2C3. The number of aromatic nitrogens is 1. The van der Waals surface area contributed by atoms with Gasteiger partial charge in [-0.3, -0.25) is 0 Å². The molecule has 29 heavy (non-hydrogen) atoms. The zero-order valence-corrected chi connectivity index (χ0v) is 17.3. The molecule has 1 spiro atoms. The van der Waals surface area contributed by atoms with Crippen LogP contribution in [-0.2, 0) is 5.54 Å². The van der Waals surface area contributed by atoms with Crippen LogP contribution >= 0.6 is 0 Å². The molecule has 2 aromatic heterocycles. The van der Waals surface area contributed by atoms with Gasteiger partial charge in [-0.15, -0.1) is 0 Å². The number of pyridine rings is 1. The van der Waals surface area contributed by atoms with Gasteiger partial charge in [0.1, 0.15) is 11.3 Å². The molecule has 4 saturated carbocycles. The van der Waals surface area contributed by atoms with Crippen molar-refractivity contribution in [3.8, 4) is 0 Å². The third kappa shape index (κ3) is 1.88. The molecule has 3 aromatic rings. The van der Waals surface area contributed by atoms with Gasteiger partial charge in [-0.2, -0.15) is 0 Å². The molecular weight excluding hydrogens is 356 g/mol. The Hall–Kier alpha value is -2.29. The van der Waals surface area contributed by atoms with E-state index in [2.05, 4.69) is 60.1 Å². The van der Waals surface area contributed by atoms with Gasteiger partial charge < -0.3 is 9.32 Å². The first-order valence-electron chi connectivity index (χ1n) is 11.4. The molecule has 5 aliphatic rings. The Bertz CT molecular complexity index is 1100. The summed E-state index contributed by atoms with van der Waals surface area (Å²) in [7, 11) is 0. The Labute approximate surface area is 172 Å². The minimum absolute atomic E-state index is 0.00891. The third-order valence-electron chi connectivity index (χ3n) is 8.83. The van der Waals surface area contributed by atoms with Gasteiger partial charge in [0.2, 0.25) is 5.71 Å². The zero-order chi connectivity index (χ0) is 19.3. The highest BCUT2D eigenvalue weighted by Gasteiger charge is 2.66. The number of furan rings is 1. The maximum atomic E-state index is 6.70. The van der Waals surface area contributed by atoms with Crippen molar-refractivity contribution in [1.82, 2.24) is 4.98 Å². The van der Waals surface area contributed by atoms with Crippen molar-refractivity contribution in [2.24, 2.45) is 23.7 Å². The standard InChI is InChI=1S/C26H28N2O/c1-15-6-3-4-8-22(15)28-16(2)23-21-7-5-9-27-25(21)29-24(23)26(28)19-11-17-10-18(13-19)14-20(26)12-17/h3-9,16-20H,10-14H2,1-2H3. The second-order valence-corrected chi connectivity index (χ2v) is 10.2. The van der Waals surface area contributed by atoms with Crippen molar-refractivity contribution in [1.29, 1.82) is 0 Å². The van der Waals surface area contributed by atoms with Crippen molar-refractivity contribution in [2.45, 2.75) is 57.5 Å². The Balaban J connectivity index is 1.54. The van der Waals surface area contributed by atoms with E-state index in [4.69, 9.17) is 4.42 Å². The van der Waals surface area contributed by atoms with Crippen molar-refractivity contribution < 1.29 is 4.42 Å². The van der Waals surface area contributed by atoms with E-state index in [1.54, 1.807) is 0 Å². The minimum atomic E-state index is 0.00891. The van der Waals surface area contributed by atoms with Gasteiger partial charge in [0.05, 0.1) is 6.04 Å². The van der Waals surface area contributed by atoms with Crippen LogP contribution in [0.15, 0.2) is 47.0 Å². The molecule has 0 N–H and O–H groups in total. The summed E-state index contributed by atoms with van der Waals surface area (Å²) in [5.74, 6) is 4.52. The Kier molecular flexibility index (Phi) is 3.10. The van der Waals surface area contributed by atoms with Crippen LogP contribution in [0.25, 0.3) is 11.1 Å². The molecule has 8 rings (SSSR count). The predicted octanol–water partition coefficient (Wildman–Crippen LogP) is 6.37. The fraction of sp³-hybridized carbons (Fsp3) is 0.500. The Morgan fingerprint density at radius 2 is 1.69 bits per heavy atom. The number of para-hydroxylation sites is 1. The van der Waals surface area contributed by atoms with E-state index >= 15 is 0 Å². The smallest absolute Gasteiger partial charge is 0.226 e. The highest BCUT2D eigenvalue weighted by Crippen LogP contribution is 2.69. The number of aryl methyl sites for hydroxylation is 1. The highest BCUT2D eigenvalue weighted by atomic mass is 16.3. The predicted molar refractivity (Wildman–Crippen MR) is 115 cm³/mol. The normalized spacial score (nSPS) is 37.0. The fourth-order valence-electron chi connectivity index (χ4n) is 8.13. The summed E-state index contributed by atoms with van der Waals surface area (Å²) in [6.45, 7) is 4.67. The molecule has 1 unspecified atom stereocenters. The molecule has 1 aliphatic heterocycles. The van der Waals surface area contributed by atoms with Crippen LogP contribution in [-0.4, -0.2) is 4.98 Å². The summed E-state index contributed by atoms with van der Waals surface area (Å²) in [4.78, 5) is 7.41. The van der Waals surface area contributed by atoms with Crippen LogP contribution in [0.4, 0.5) is 5.69 Å². The quantitative estimate of drug-likeness (QED) is 0.488. The lowest BCUT2D eigenvalue weighted by Crippen LogP contribution is -2.62. The van der Waals surface area contributed by atoms with E-state index in [9.17, 15) is 0 Å². The lowest BCUT2D eigenvalue weighted by atomic mass is 9.48. The largest absolute Gasteiger partial charge is 0.440 e. The number of nitrogens with zero attached hydrogens (tertiary/aromatic N) is 2. The van der Waals surface area contributed by atoms with Gasteiger partial charge in [0.25, 0.3) is 0 Å². The lowest BCUT2D eigenvalue weighted by molar-refractivity contribution is -0.0679. The van der Waals surface area contributed by atoms with Crippen LogP contribution in [0.1, 0.15) is 62.0 Å². The molecule has 0 radical (unpaired) electrons. The lowest BCUT2D eigenvalue weighted by Gasteiger charge is -2.63. The monoisotopic (exact) mass is 384 g/mol. The summed E-state index contributed by atoms with van der Waals surface area (Å²) in [5.41, 5.74) is 5.02. The fourth-order valence-corrected chi connectivity index (χ4v) is 8.13. The number of hydrogen-bond donors (Lipinski definition) is 0. The molecule has 4 bridgehead atoms. The number of anilines is 1. The summed E-state index contributed by atoms with van der Waals surface area (Å²) < 4.78 is 6.70. The molecular formula is C26H28N2O. The zero-order valence-electron chi connectivity index (χ0n) is 17.3. The highest BCUT2D eigenvalue weighted by molar-refractivity contribution is 5.83. The molecule has 3 nitrogen and oxygen atoms in total. The van der Waals surface area contributed by atoms with Crippen molar-refractivity contribution in [3.63, 3.8) is 0 Å². The number of fused-ring (bicyclic) bond motifs is 3. The number of benzene rings is 1. The van der Waals surface area contributed by atoms with Crippen LogP contribution in [0, 0.1) is 30.6 Å². The first-order chi connectivity index (χ1) is 14.2. The van der Waals surface area contributed by atoms with Gasteiger partial charge in [-0.1, -0.05) is 18.2 Å². The minimum Gasteiger partial charge on any atom is -0.440 e. The molecule has 4 aliphatic carbocycles. The second kappa shape index (κ2) is 5.44. The first kappa shape index (κ1) is 16.5. The van der Waals surface area contributed by atoms with Crippen molar-refractivity contribution in [3.05, 3.63) is 59.5 Å². The van der Waals surface area contributed by atoms with E-state index < -0.39 is 0 Å². The van der Waals surface area contributed by atoms with E-state index in [-0.39, 0.29) is 5.54 Å². The van der Waals surface area contributed by atoms with E-state index in [0.29, 0.717) is 17.9 Å². The maximum absolute atomic E-state index is 6.70. The van der Waals surface area contributed by atoms with Gasteiger partial charge in [0, 0.05) is 22.8 Å². The maximum Gasteiger partial charge on any atom is 0.226 e. The number of hydrogen-bond acceptors (Lipinski definition) is 3. The molecule has 0 saturated heterocycles. The number of rotatable bonds is 1. The topological polar surface area (TPSA) is 29.3 Å². The van der Waals surface area contributed by atoms with Crippen LogP contribution < -0.4 is 4.90 Å².